The number of hydrogen-bond donors (Lipinski definition) is 2. The first kappa shape index (κ1) is 19.0. The molecule has 132 valence electrons. The fourth-order valence-corrected chi connectivity index (χ4v) is 2.75. The summed E-state index contributed by atoms with van der Waals surface area (Å²) in [6.07, 6.45) is 0.882. The van der Waals surface area contributed by atoms with Crippen molar-refractivity contribution in [3.63, 3.8) is 0 Å². The number of ether oxygens (including phenoxy) is 2. The number of carbonyl (C=O) groups is 2. The van der Waals surface area contributed by atoms with Crippen molar-refractivity contribution in [2.75, 3.05) is 13.7 Å². The maximum Gasteiger partial charge on any atom is 0.269 e. The Morgan fingerprint density at radius 1 is 1.04 bits per heavy atom. The summed E-state index contributed by atoms with van der Waals surface area (Å²) in [6, 6.07) is 11.8. The van der Waals surface area contributed by atoms with Crippen molar-refractivity contribution < 1.29 is 19.1 Å². The van der Waals surface area contributed by atoms with E-state index in [4.69, 9.17) is 9.47 Å². The van der Waals surface area contributed by atoms with Crippen LogP contribution in [0.2, 0.25) is 0 Å². The van der Waals surface area contributed by atoms with E-state index < -0.39 is 11.8 Å². The van der Waals surface area contributed by atoms with Gasteiger partial charge in [0.1, 0.15) is 11.5 Å². The lowest BCUT2D eigenvalue weighted by atomic mass is 10.2. The Morgan fingerprint density at radius 3 is 2.32 bits per heavy atom. The van der Waals surface area contributed by atoms with Crippen molar-refractivity contribution in [3.8, 4) is 11.5 Å². The van der Waals surface area contributed by atoms with Crippen molar-refractivity contribution in [1.29, 1.82) is 0 Å². The number of rotatable bonds is 6. The highest BCUT2D eigenvalue weighted by Crippen LogP contribution is 2.21. The standard InChI is InChI=1S/C18H19IN2O4/c1-3-9-25-14-6-4-5-12(10-14)17(22)20-21-18(23)13-7-8-16(24-2)15(19)11-13/h4-8,10-11H,3,9H2,1-2H3,(H,20,22)(H,21,23). The van der Waals surface area contributed by atoms with Gasteiger partial charge >= 0.3 is 0 Å². The van der Waals surface area contributed by atoms with Crippen LogP contribution in [-0.2, 0) is 0 Å². The second-order valence-electron chi connectivity index (χ2n) is 5.13. The van der Waals surface area contributed by atoms with Crippen molar-refractivity contribution >= 4 is 34.4 Å². The molecule has 25 heavy (non-hydrogen) atoms. The molecule has 0 spiro atoms. The lowest BCUT2D eigenvalue weighted by Gasteiger charge is -2.10. The number of hydrazine groups is 1. The molecule has 0 saturated carbocycles. The highest BCUT2D eigenvalue weighted by atomic mass is 127. The summed E-state index contributed by atoms with van der Waals surface area (Å²) in [6.45, 7) is 2.59. The van der Waals surface area contributed by atoms with E-state index in [1.165, 1.54) is 0 Å². The molecule has 2 aromatic rings. The molecular weight excluding hydrogens is 435 g/mol. The Morgan fingerprint density at radius 2 is 1.72 bits per heavy atom. The van der Waals surface area contributed by atoms with Crippen molar-refractivity contribution in [2.24, 2.45) is 0 Å². The van der Waals surface area contributed by atoms with Crippen LogP contribution in [0.4, 0.5) is 0 Å². The molecule has 0 aliphatic carbocycles. The van der Waals surface area contributed by atoms with Crippen molar-refractivity contribution in [1.82, 2.24) is 10.9 Å². The van der Waals surface area contributed by atoms with Gasteiger partial charge in [-0.2, -0.15) is 0 Å². The quantitative estimate of drug-likeness (QED) is 0.520. The van der Waals surface area contributed by atoms with Crippen molar-refractivity contribution in [3.05, 3.63) is 57.2 Å². The molecule has 7 heteroatoms. The number of methoxy groups -OCH3 is 1. The van der Waals surface area contributed by atoms with Gasteiger partial charge in [0.2, 0.25) is 0 Å². The summed E-state index contributed by atoms with van der Waals surface area (Å²) in [5, 5.41) is 0. The molecule has 0 fully saturated rings. The third-order valence-corrected chi connectivity index (χ3v) is 4.12. The Bertz CT molecular complexity index is 764. The molecule has 0 bridgehead atoms. The fourth-order valence-electron chi connectivity index (χ4n) is 2.01. The highest BCUT2D eigenvalue weighted by Gasteiger charge is 2.11. The van der Waals surface area contributed by atoms with Gasteiger partial charge in [0.25, 0.3) is 11.8 Å². The molecule has 0 atom stereocenters. The summed E-state index contributed by atoms with van der Waals surface area (Å²) in [4.78, 5) is 24.3. The molecule has 0 unspecified atom stereocenters. The van der Waals surface area contributed by atoms with Crippen molar-refractivity contribution in [2.45, 2.75) is 13.3 Å². The summed E-state index contributed by atoms with van der Waals surface area (Å²) in [5.74, 6) is 0.474. The summed E-state index contributed by atoms with van der Waals surface area (Å²) in [5.41, 5.74) is 5.62. The lowest BCUT2D eigenvalue weighted by Crippen LogP contribution is -2.41. The Balaban J connectivity index is 1.97. The number of carbonyl (C=O) groups excluding carboxylic acids is 2. The zero-order chi connectivity index (χ0) is 18.2. The lowest BCUT2D eigenvalue weighted by molar-refractivity contribution is 0.0846. The molecule has 0 aliphatic rings. The zero-order valence-corrected chi connectivity index (χ0v) is 16.1. The van der Waals surface area contributed by atoms with Crippen LogP contribution < -0.4 is 20.3 Å². The number of halogens is 1. The molecule has 0 saturated heterocycles. The van der Waals surface area contributed by atoms with Crippen LogP contribution in [0.15, 0.2) is 42.5 Å². The molecule has 2 N–H and O–H groups in total. The maximum atomic E-state index is 12.2. The van der Waals surface area contributed by atoms with Crippen LogP contribution in [0.25, 0.3) is 0 Å². The normalized spacial score (nSPS) is 10.0. The van der Waals surface area contributed by atoms with Gasteiger partial charge in [-0.05, 0) is 65.4 Å². The topological polar surface area (TPSA) is 76.7 Å². The van der Waals surface area contributed by atoms with E-state index in [0.717, 1.165) is 9.99 Å². The SMILES string of the molecule is CCCOc1cccc(C(=O)NNC(=O)c2ccc(OC)c(I)c2)c1. The molecule has 0 radical (unpaired) electrons. The first-order valence-electron chi connectivity index (χ1n) is 7.72. The molecule has 0 aliphatic heterocycles. The monoisotopic (exact) mass is 454 g/mol. The summed E-state index contributed by atoms with van der Waals surface area (Å²) in [7, 11) is 1.57. The third-order valence-electron chi connectivity index (χ3n) is 3.27. The van der Waals surface area contributed by atoms with E-state index in [-0.39, 0.29) is 0 Å². The smallest absolute Gasteiger partial charge is 0.269 e. The summed E-state index contributed by atoms with van der Waals surface area (Å²) >= 11 is 2.08. The third kappa shape index (κ3) is 5.35. The van der Waals surface area contributed by atoms with Crippen LogP contribution in [0, 0.1) is 3.57 Å². The van der Waals surface area contributed by atoms with Crippen LogP contribution in [0.1, 0.15) is 34.1 Å². The van der Waals surface area contributed by atoms with Gasteiger partial charge in [-0.25, -0.2) is 0 Å². The predicted molar refractivity (Wildman–Crippen MR) is 103 cm³/mol. The second kappa shape index (κ2) is 9.26. The van der Waals surface area contributed by atoms with Gasteiger partial charge in [0, 0.05) is 11.1 Å². The number of hydrogen-bond acceptors (Lipinski definition) is 4. The maximum absolute atomic E-state index is 12.2. The Kier molecular flexibility index (Phi) is 7.05. The van der Waals surface area contributed by atoms with Gasteiger partial charge in [-0.15, -0.1) is 0 Å². The Hall–Kier alpha value is -2.29. The van der Waals surface area contributed by atoms with E-state index in [0.29, 0.717) is 29.2 Å². The van der Waals surface area contributed by atoms with Crippen LogP contribution >= 0.6 is 22.6 Å². The van der Waals surface area contributed by atoms with Crippen LogP contribution in [-0.4, -0.2) is 25.5 Å². The molecule has 0 heterocycles. The van der Waals surface area contributed by atoms with E-state index in [1.54, 1.807) is 49.6 Å². The van der Waals surface area contributed by atoms with Crippen LogP contribution in [0.5, 0.6) is 11.5 Å². The predicted octanol–water partition coefficient (Wildman–Crippen LogP) is 3.16. The molecular formula is C18H19IN2O4. The molecule has 0 aromatic heterocycles. The molecule has 2 rings (SSSR count). The van der Waals surface area contributed by atoms with Gasteiger partial charge in [0.15, 0.2) is 0 Å². The largest absolute Gasteiger partial charge is 0.496 e. The zero-order valence-electron chi connectivity index (χ0n) is 14.0. The minimum atomic E-state index is -0.418. The van der Waals surface area contributed by atoms with E-state index in [1.807, 2.05) is 6.92 Å². The molecule has 2 amide bonds. The van der Waals surface area contributed by atoms with Gasteiger partial charge in [-0.1, -0.05) is 13.0 Å². The second-order valence-corrected chi connectivity index (χ2v) is 6.30. The number of benzene rings is 2. The minimum absolute atomic E-state index is 0.401. The van der Waals surface area contributed by atoms with Crippen LogP contribution in [0.3, 0.4) is 0 Å². The number of amides is 2. The molecule has 6 nitrogen and oxygen atoms in total. The fraction of sp³-hybridized carbons (Fsp3) is 0.222. The van der Waals surface area contributed by atoms with E-state index >= 15 is 0 Å². The number of nitrogens with one attached hydrogen (secondary N) is 2. The first-order chi connectivity index (χ1) is 12.0. The average molecular weight is 454 g/mol. The van der Waals surface area contributed by atoms with Gasteiger partial charge in [-0.3, -0.25) is 20.4 Å². The first-order valence-corrected chi connectivity index (χ1v) is 8.80. The van der Waals surface area contributed by atoms with Gasteiger partial charge < -0.3 is 9.47 Å². The van der Waals surface area contributed by atoms with E-state index in [9.17, 15) is 9.59 Å². The highest BCUT2D eigenvalue weighted by molar-refractivity contribution is 14.1. The molecule has 2 aromatic carbocycles. The average Bonchev–Trinajstić information content (AvgIpc) is 2.64. The minimum Gasteiger partial charge on any atom is -0.496 e. The van der Waals surface area contributed by atoms with Gasteiger partial charge in [0.05, 0.1) is 17.3 Å². The Labute approximate surface area is 160 Å². The summed E-state index contributed by atoms with van der Waals surface area (Å²) < 4.78 is 11.5. The van der Waals surface area contributed by atoms with E-state index in [2.05, 4.69) is 33.4 Å².